The number of anilines is 1. The van der Waals surface area contributed by atoms with Gasteiger partial charge in [0.2, 0.25) is 5.91 Å². The molecule has 0 bridgehead atoms. The SMILES string of the molecule is CSc1cccc(NC(=O)Cn2cnc3c(Cl)cc(Cl)cc3c2=O)c1. The molecule has 0 saturated heterocycles. The summed E-state index contributed by atoms with van der Waals surface area (Å²) in [5.74, 6) is -0.324. The predicted molar refractivity (Wildman–Crippen MR) is 103 cm³/mol. The van der Waals surface area contributed by atoms with Gasteiger partial charge < -0.3 is 5.32 Å². The van der Waals surface area contributed by atoms with Crippen LogP contribution in [0.3, 0.4) is 0 Å². The molecule has 1 N–H and O–H groups in total. The van der Waals surface area contributed by atoms with E-state index in [1.807, 2.05) is 24.5 Å². The average molecular weight is 394 g/mol. The standard InChI is InChI=1S/C17H13Cl2N3O2S/c1-25-12-4-2-3-11(7-12)21-15(23)8-22-9-20-16-13(17(22)24)5-10(18)6-14(16)19/h2-7,9H,8H2,1H3,(H,21,23). The maximum absolute atomic E-state index is 12.5. The number of amides is 1. The number of hydrogen-bond acceptors (Lipinski definition) is 4. The van der Waals surface area contributed by atoms with Crippen LogP contribution in [0.5, 0.6) is 0 Å². The normalized spacial score (nSPS) is 10.8. The molecule has 2 aromatic carbocycles. The molecule has 0 aliphatic carbocycles. The molecule has 0 aliphatic heterocycles. The van der Waals surface area contributed by atoms with Gasteiger partial charge in [-0.1, -0.05) is 29.3 Å². The van der Waals surface area contributed by atoms with Crippen molar-refractivity contribution in [2.24, 2.45) is 0 Å². The van der Waals surface area contributed by atoms with Gasteiger partial charge in [0.1, 0.15) is 6.54 Å². The lowest BCUT2D eigenvalue weighted by atomic mass is 10.2. The van der Waals surface area contributed by atoms with Crippen LogP contribution in [0, 0.1) is 0 Å². The van der Waals surface area contributed by atoms with Crippen LogP contribution in [0.25, 0.3) is 10.9 Å². The number of rotatable bonds is 4. The molecular formula is C17H13Cl2N3O2S. The molecule has 0 spiro atoms. The minimum Gasteiger partial charge on any atom is -0.324 e. The van der Waals surface area contributed by atoms with Gasteiger partial charge in [0.05, 0.1) is 22.3 Å². The number of aromatic nitrogens is 2. The van der Waals surface area contributed by atoms with Gasteiger partial charge in [-0.3, -0.25) is 14.2 Å². The van der Waals surface area contributed by atoms with Gasteiger partial charge in [-0.05, 0) is 36.6 Å². The highest BCUT2D eigenvalue weighted by Crippen LogP contribution is 2.24. The highest BCUT2D eigenvalue weighted by molar-refractivity contribution is 7.98. The van der Waals surface area contributed by atoms with Crippen molar-refractivity contribution in [2.45, 2.75) is 11.4 Å². The number of hydrogen-bond donors (Lipinski definition) is 1. The predicted octanol–water partition coefficient (Wildman–Crippen LogP) is 4.06. The number of nitrogens with zero attached hydrogens (tertiary/aromatic N) is 2. The molecule has 1 aromatic heterocycles. The zero-order chi connectivity index (χ0) is 18.0. The van der Waals surface area contributed by atoms with Crippen LogP contribution in [0.15, 0.2) is 52.4 Å². The zero-order valence-corrected chi connectivity index (χ0v) is 15.5. The second-order valence-corrected chi connectivity index (χ2v) is 6.96. The third-order valence-corrected chi connectivity index (χ3v) is 4.74. The molecule has 0 fully saturated rings. The number of nitrogens with one attached hydrogen (secondary N) is 1. The van der Waals surface area contributed by atoms with E-state index < -0.39 is 0 Å². The Labute approximate surface area is 158 Å². The summed E-state index contributed by atoms with van der Waals surface area (Å²) in [6.45, 7) is -0.157. The van der Waals surface area contributed by atoms with Crippen molar-refractivity contribution < 1.29 is 4.79 Å². The van der Waals surface area contributed by atoms with Crippen molar-refractivity contribution >= 4 is 57.5 Å². The van der Waals surface area contributed by atoms with E-state index in [1.165, 1.54) is 23.0 Å². The molecule has 3 aromatic rings. The molecule has 25 heavy (non-hydrogen) atoms. The van der Waals surface area contributed by atoms with E-state index in [0.717, 1.165) is 4.90 Å². The molecule has 128 valence electrons. The molecule has 8 heteroatoms. The van der Waals surface area contributed by atoms with E-state index in [9.17, 15) is 9.59 Å². The van der Waals surface area contributed by atoms with Crippen molar-refractivity contribution in [3.63, 3.8) is 0 Å². The van der Waals surface area contributed by atoms with Crippen LogP contribution in [0.2, 0.25) is 10.0 Å². The second-order valence-electron chi connectivity index (χ2n) is 5.24. The molecule has 0 aliphatic rings. The number of halogens is 2. The summed E-state index contributed by atoms with van der Waals surface area (Å²) >= 11 is 13.6. The van der Waals surface area contributed by atoms with Gasteiger partial charge >= 0.3 is 0 Å². The molecule has 1 amide bonds. The smallest absolute Gasteiger partial charge is 0.261 e. The van der Waals surface area contributed by atoms with Gasteiger partial charge in [0, 0.05) is 15.6 Å². The van der Waals surface area contributed by atoms with Gasteiger partial charge in [-0.25, -0.2) is 4.98 Å². The molecule has 3 rings (SSSR count). The van der Waals surface area contributed by atoms with Gasteiger partial charge in [0.25, 0.3) is 5.56 Å². The Morgan fingerprint density at radius 1 is 1.28 bits per heavy atom. The summed E-state index contributed by atoms with van der Waals surface area (Å²) in [4.78, 5) is 30.0. The average Bonchev–Trinajstić information content (AvgIpc) is 2.58. The Balaban J connectivity index is 1.86. The fourth-order valence-corrected chi connectivity index (χ4v) is 3.37. The summed E-state index contributed by atoms with van der Waals surface area (Å²) in [7, 11) is 0. The molecule has 0 radical (unpaired) electrons. The molecular weight excluding hydrogens is 381 g/mol. The number of benzene rings is 2. The maximum atomic E-state index is 12.5. The molecule has 0 atom stereocenters. The third-order valence-electron chi connectivity index (χ3n) is 3.51. The van der Waals surface area contributed by atoms with Crippen molar-refractivity contribution in [3.8, 4) is 0 Å². The van der Waals surface area contributed by atoms with Crippen molar-refractivity contribution in [1.29, 1.82) is 0 Å². The minimum atomic E-state index is -0.373. The topological polar surface area (TPSA) is 64.0 Å². The fourth-order valence-electron chi connectivity index (χ4n) is 2.36. The van der Waals surface area contributed by atoms with Crippen molar-refractivity contribution in [3.05, 3.63) is 63.1 Å². The van der Waals surface area contributed by atoms with Gasteiger partial charge in [-0.15, -0.1) is 11.8 Å². The lowest BCUT2D eigenvalue weighted by Crippen LogP contribution is -2.28. The Hall–Kier alpha value is -2.02. The first-order valence-electron chi connectivity index (χ1n) is 7.26. The zero-order valence-electron chi connectivity index (χ0n) is 13.1. The van der Waals surface area contributed by atoms with Crippen LogP contribution in [0.1, 0.15) is 0 Å². The van der Waals surface area contributed by atoms with E-state index >= 15 is 0 Å². The molecule has 0 saturated carbocycles. The first kappa shape index (κ1) is 17.8. The Bertz CT molecular complexity index is 1020. The largest absolute Gasteiger partial charge is 0.324 e. The van der Waals surface area contributed by atoms with Crippen LogP contribution in [0.4, 0.5) is 5.69 Å². The van der Waals surface area contributed by atoms with Gasteiger partial charge in [-0.2, -0.15) is 0 Å². The highest BCUT2D eigenvalue weighted by Gasteiger charge is 2.11. The van der Waals surface area contributed by atoms with Crippen molar-refractivity contribution in [2.75, 3.05) is 11.6 Å². The van der Waals surface area contributed by atoms with Crippen LogP contribution < -0.4 is 10.9 Å². The lowest BCUT2D eigenvalue weighted by molar-refractivity contribution is -0.116. The molecule has 5 nitrogen and oxygen atoms in total. The molecule has 0 unspecified atom stereocenters. The Morgan fingerprint density at radius 2 is 2.08 bits per heavy atom. The third kappa shape index (κ3) is 3.98. The van der Waals surface area contributed by atoms with E-state index in [-0.39, 0.29) is 23.4 Å². The summed E-state index contributed by atoms with van der Waals surface area (Å²) in [6, 6.07) is 10.5. The van der Waals surface area contributed by atoms with Crippen molar-refractivity contribution in [1.82, 2.24) is 9.55 Å². The minimum absolute atomic E-state index is 0.157. The lowest BCUT2D eigenvalue weighted by Gasteiger charge is -2.09. The van der Waals surface area contributed by atoms with E-state index in [0.29, 0.717) is 21.2 Å². The Morgan fingerprint density at radius 3 is 2.84 bits per heavy atom. The first-order valence-corrected chi connectivity index (χ1v) is 9.24. The van der Waals surface area contributed by atoms with Crippen LogP contribution in [-0.4, -0.2) is 21.7 Å². The molecule has 1 heterocycles. The van der Waals surface area contributed by atoms with E-state index in [4.69, 9.17) is 23.2 Å². The number of thioether (sulfide) groups is 1. The van der Waals surface area contributed by atoms with E-state index in [2.05, 4.69) is 10.3 Å². The monoisotopic (exact) mass is 393 g/mol. The summed E-state index contributed by atoms with van der Waals surface area (Å²) in [5.41, 5.74) is 0.660. The van der Waals surface area contributed by atoms with Crippen LogP contribution >= 0.6 is 35.0 Å². The summed E-state index contributed by atoms with van der Waals surface area (Å²) < 4.78 is 1.22. The highest BCUT2D eigenvalue weighted by atomic mass is 35.5. The number of carbonyl (C=O) groups is 1. The Kier molecular flexibility index (Phi) is 5.32. The first-order chi connectivity index (χ1) is 12.0. The second kappa shape index (κ2) is 7.47. The summed E-state index contributed by atoms with van der Waals surface area (Å²) in [6.07, 6.45) is 3.26. The quantitative estimate of drug-likeness (QED) is 0.678. The van der Waals surface area contributed by atoms with E-state index in [1.54, 1.807) is 17.8 Å². The number of fused-ring (bicyclic) bond motifs is 1. The summed E-state index contributed by atoms with van der Waals surface area (Å²) in [5, 5.41) is 3.68. The van der Waals surface area contributed by atoms with Gasteiger partial charge in [0.15, 0.2) is 0 Å². The maximum Gasteiger partial charge on any atom is 0.261 e. The fraction of sp³-hybridized carbons (Fsp3) is 0.118. The van der Waals surface area contributed by atoms with Crippen LogP contribution in [-0.2, 0) is 11.3 Å². The number of carbonyl (C=O) groups excluding carboxylic acids is 1.